The lowest BCUT2D eigenvalue weighted by Crippen LogP contribution is -2.55. The third-order valence-electron chi connectivity index (χ3n) is 7.41. The van der Waals surface area contributed by atoms with E-state index in [-0.39, 0.29) is 24.3 Å². The molecule has 0 aliphatic carbocycles. The van der Waals surface area contributed by atoms with Gasteiger partial charge >= 0.3 is 6.09 Å². The molecule has 0 spiro atoms. The summed E-state index contributed by atoms with van der Waals surface area (Å²) >= 11 is 0. The van der Waals surface area contributed by atoms with E-state index >= 15 is 0 Å². The van der Waals surface area contributed by atoms with Crippen LogP contribution in [0.4, 0.5) is 10.5 Å². The molecule has 3 aromatic carbocycles. The van der Waals surface area contributed by atoms with Gasteiger partial charge in [0.25, 0.3) is 5.91 Å². The highest BCUT2D eigenvalue weighted by molar-refractivity contribution is 6.00. The Balaban J connectivity index is 2.15. The average molecular weight is 586 g/mol. The highest BCUT2D eigenvalue weighted by atomic mass is 16.6. The summed E-state index contributed by atoms with van der Waals surface area (Å²) in [5, 5.41) is 5.98. The van der Waals surface area contributed by atoms with E-state index in [1.807, 2.05) is 108 Å². The van der Waals surface area contributed by atoms with Crippen molar-refractivity contribution >= 4 is 23.6 Å². The van der Waals surface area contributed by atoms with E-state index in [0.29, 0.717) is 12.0 Å². The normalized spacial score (nSPS) is 13.4. The molecule has 7 heteroatoms. The average Bonchev–Trinajstić information content (AvgIpc) is 2.91. The van der Waals surface area contributed by atoms with Crippen LogP contribution in [0.25, 0.3) is 0 Å². The summed E-state index contributed by atoms with van der Waals surface area (Å²) in [6, 6.07) is 19.1. The predicted octanol–water partition coefficient (Wildman–Crippen LogP) is 7.36. The summed E-state index contributed by atoms with van der Waals surface area (Å²) in [7, 11) is 0. The Morgan fingerprint density at radius 1 is 0.860 bits per heavy atom. The van der Waals surface area contributed by atoms with Crippen molar-refractivity contribution in [3.05, 3.63) is 100 Å². The van der Waals surface area contributed by atoms with Gasteiger partial charge in [0.05, 0.1) is 0 Å². The second-order valence-corrected chi connectivity index (χ2v) is 12.5. The zero-order valence-corrected chi connectivity index (χ0v) is 27.1. The minimum absolute atomic E-state index is 0.240. The number of nitrogens with one attached hydrogen (secondary N) is 2. The number of carbonyl (C=O) groups excluding carboxylic acids is 3. The molecule has 3 rings (SSSR count). The Morgan fingerprint density at radius 3 is 1.98 bits per heavy atom. The molecule has 0 fully saturated rings. The van der Waals surface area contributed by atoms with E-state index in [9.17, 15) is 14.4 Å². The summed E-state index contributed by atoms with van der Waals surface area (Å²) in [4.78, 5) is 43.7. The summed E-state index contributed by atoms with van der Waals surface area (Å²) in [5.74, 6) is -0.670. The second-order valence-electron chi connectivity index (χ2n) is 12.5. The maximum Gasteiger partial charge on any atom is 0.408 e. The molecule has 3 unspecified atom stereocenters. The zero-order chi connectivity index (χ0) is 31.9. The van der Waals surface area contributed by atoms with E-state index in [1.165, 1.54) is 0 Å². The summed E-state index contributed by atoms with van der Waals surface area (Å²) < 4.78 is 5.55. The molecular weight excluding hydrogens is 538 g/mol. The van der Waals surface area contributed by atoms with Crippen molar-refractivity contribution < 1.29 is 19.1 Å². The molecule has 3 atom stereocenters. The van der Waals surface area contributed by atoms with Crippen LogP contribution in [0.15, 0.2) is 66.7 Å². The van der Waals surface area contributed by atoms with E-state index in [2.05, 4.69) is 10.6 Å². The lowest BCUT2D eigenvalue weighted by molar-refractivity contribution is -0.143. The number of hydrogen-bond donors (Lipinski definition) is 2. The van der Waals surface area contributed by atoms with Gasteiger partial charge in [-0.2, -0.15) is 0 Å². The molecule has 0 heterocycles. The fourth-order valence-electron chi connectivity index (χ4n) is 5.28. The van der Waals surface area contributed by atoms with Gasteiger partial charge in [-0.15, -0.1) is 0 Å². The molecule has 43 heavy (non-hydrogen) atoms. The van der Waals surface area contributed by atoms with E-state index in [4.69, 9.17) is 4.74 Å². The van der Waals surface area contributed by atoms with Gasteiger partial charge in [-0.1, -0.05) is 84.8 Å². The van der Waals surface area contributed by atoms with Crippen molar-refractivity contribution in [2.24, 2.45) is 0 Å². The van der Waals surface area contributed by atoms with Crippen LogP contribution in [0, 0.1) is 27.7 Å². The van der Waals surface area contributed by atoms with Crippen molar-refractivity contribution in [2.45, 2.75) is 98.9 Å². The van der Waals surface area contributed by atoms with Crippen molar-refractivity contribution in [1.82, 2.24) is 10.2 Å². The number of carbonyl (C=O) groups is 3. The Labute approximate surface area is 257 Å². The quantitative estimate of drug-likeness (QED) is 0.260. The largest absolute Gasteiger partial charge is 0.444 e. The molecule has 0 aliphatic rings. The maximum absolute atomic E-state index is 14.7. The van der Waals surface area contributed by atoms with Gasteiger partial charge in [-0.3, -0.25) is 9.59 Å². The molecule has 3 aromatic rings. The summed E-state index contributed by atoms with van der Waals surface area (Å²) in [6.45, 7) is 17.1. The van der Waals surface area contributed by atoms with Crippen LogP contribution < -0.4 is 10.6 Å². The first-order valence-corrected chi connectivity index (χ1v) is 15.0. The van der Waals surface area contributed by atoms with Gasteiger partial charge in [0.1, 0.15) is 17.7 Å². The van der Waals surface area contributed by atoms with E-state index < -0.39 is 23.8 Å². The van der Waals surface area contributed by atoms with Crippen molar-refractivity contribution in [2.75, 3.05) is 5.32 Å². The molecule has 0 saturated carbocycles. The van der Waals surface area contributed by atoms with Gasteiger partial charge in [0.15, 0.2) is 0 Å². The third-order valence-corrected chi connectivity index (χ3v) is 7.41. The first-order chi connectivity index (χ1) is 20.2. The van der Waals surface area contributed by atoms with Crippen molar-refractivity contribution in [3.8, 4) is 0 Å². The Bertz CT molecular complexity index is 1390. The third kappa shape index (κ3) is 9.18. The number of para-hydroxylation sites is 1. The van der Waals surface area contributed by atoms with Crippen LogP contribution >= 0.6 is 0 Å². The smallest absolute Gasteiger partial charge is 0.408 e. The number of benzene rings is 3. The number of aryl methyl sites for hydroxylation is 4. The van der Waals surface area contributed by atoms with Gasteiger partial charge in [0.2, 0.25) is 5.91 Å². The number of ether oxygens (including phenoxy) is 1. The number of rotatable bonds is 10. The summed E-state index contributed by atoms with van der Waals surface area (Å²) in [5.41, 5.74) is 5.42. The van der Waals surface area contributed by atoms with Crippen LogP contribution in [-0.2, 0) is 20.7 Å². The monoisotopic (exact) mass is 585 g/mol. The molecule has 0 aromatic heterocycles. The van der Waals surface area contributed by atoms with Gasteiger partial charge in [-0.25, -0.2) is 4.79 Å². The predicted molar refractivity (Wildman–Crippen MR) is 173 cm³/mol. The molecule has 7 nitrogen and oxygen atoms in total. The SMILES string of the molecule is CCC(C)N(C(=O)C(Cc1ccccc1)NC(=O)OC(C)(C)C)C(C(=O)Nc1c(C)cccc1C)c1cc(C)cc(C)c1. The minimum atomic E-state index is -0.965. The standard InChI is InChI=1S/C36H47N3O4/c1-10-27(6)39(34(41)30(22-28-17-12-11-13-18-28)37-35(42)43-36(7,8)9)32(29-20-23(2)19-24(3)21-29)33(40)38-31-25(4)15-14-16-26(31)5/h11-21,27,30,32H,10,22H2,1-9H3,(H,37,42)(H,38,40). The molecule has 0 bridgehead atoms. The summed E-state index contributed by atoms with van der Waals surface area (Å²) in [6.07, 6.45) is 0.159. The fraction of sp³-hybridized carbons (Fsp3) is 0.417. The van der Waals surface area contributed by atoms with Crippen LogP contribution in [0.3, 0.4) is 0 Å². The van der Waals surface area contributed by atoms with Crippen molar-refractivity contribution in [1.29, 1.82) is 0 Å². The molecule has 2 N–H and O–H groups in total. The highest BCUT2D eigenvalue weighted by Crippen LogP contribution is 2.31. The van der Waals surface area contributed by atoms with Gasteiger partial charge in [-0.05, 0) is 84.1 Å². The fourth-order valence-corrected chi connectivity index (χ4v) is 5.28. The number of anilines is 1. The molecule has 230 valence electrons. The Morgan fingerprint density at radius 2 is 1.44 bits per heavy atom. The highest BCUT2D eigenvalue weighted by Gasteiger charge is 2.39. The zero-order valence-electron chi connectivity index (χ0n) is 27.1. The number of amides is 3. The number of alkyl carbamates (subject to hydrolysis) is 1. The molecular formula is C36H47N3O4. The first-order valence-electron chi connectivity index (χ1n) is 15.0. The molecule has 0 aliphatic heterocycles. The van der Waals surface area contributed by atoms with Crippen LogP contribution in [-0.4, -0.2) is 40.5 Å². The first kappa shape index (κ1) is 33.4. The van der Waals surface area contributed by atoms with Gasteiger partial charge < -0.3 is 20.3 Å². The lowest BCUT2D eigenvalue weighted by atomic mass is 9.95. The topological polar surface area (TPSA) is 87.7 Å². The van der Waals surface area contributed by atoms with E-state index in [1.54, 1.807) is 25.7 Å². The van der Waals surface area contributed by atoms with Crippen LogP contribution in [0.1, 0.15) is 80.5 Å². The van der Waals surface area contributed by atoms with Crippen LogP contribution in [0.2, 0.25) is 0 Å². The van der Waals surface area contributed by atoms with E-state index in [0.717, 1.165) is 33.5 Å². The van der Waals surface area contributed by atoms with Crippen LogP contribution in [0.5, 0.6) is 0 Å². The molecule has 3 amide bonds. The minimum Gasteiger partial charge on any atom is -0.444 e. The molecule has 0 saturated heterocycles. The lowest BCUT2D eigenvalue weighted by Gasteiger charge is -2.38. The number of nitrogens with zero attached hydrogens (tertiary/aromatic N) is 1. The second kappa shape index (κ2) is 14.4. The van der Waals surface area contributed by atoms with Crippen molar-refractivity contribution in [3.63, 3.8) is 0 Å². The van der Waals surface area contributed by atoms with Gasteiger partial charge in [0, 0.05) is 18.2 Å². The Kier molecular flexibility index (Phi) is 11.1. The number of hydrogen-bond acceptors (Lipinski definition) is 4. The maximum atomic E-state index is 14.7. The Hall–Kier alpha value is -4.13. The molecule has 0 radical (unpaired) electrons.